The third kappa shape index (κ3) is 2.23. The Morgan fingerprint density at radius 3 is 1.48 bits per heavy atom. The van der Waals surface area contributed by atoms with Crippen molar-refractivity contribution in [1.82, 2.24) is 10.0 Å². The smallest absolute Gasteiger partial charge is 0.267 e. The van der Waals surface area contributed by atoms with Gasteiger partial charge in [0.2, 0.25) is 0 Å². The molecule has 4 heteroatoms. The highest BCUT2D eigenvalue weighted by Gasteiger charge is 2.46. The molecule has 0 N–H and O–H groups in total. The Labute approximate surface area is 134 Å². The molecule has 1 aliphatic carbocycles. The van der Waals surface area contributed by atoms with Crippen molar-refractivity contribution in [1.29, 1.82) is 0 Å². The molecule has 2 atom stereocenters. The van der Waals surface area contributed by atoms with E-state index in [0.717, 1.165) is 6.42 Å². The molecule has 2 aromatic carbocycles. The number of rotatable bonds is 2. The first-order valence-corrected chi connectivity index (χ1v) is 7.71. The molecule has 1 heterocycles. The summed E-state index contributed by atoms with van der Waals surface area (Å²) >= 11 is 0. The van der Waals surface area contributed by atoms with Gasteiger partial charge in [-0.05, 0) is 30.7 Å². The van der Waals surface area contributed by atoms with E-state index in [4.69, 9.17) is 0 Å². The average Bonchev–Trinajstić information content (AvgIpc) is 3.23. The lowest BCUT2D eigenvalue weighted by Crippen LogP contribution is -2.51. The molecule has 1 saturated heterocycles. The number of benzene rings is 2. The van der Waals surface area contributed by atoms with Crippen molar-refractivity contribution in [3.8, 4) is 0 Å². The van der Waals surface area contributed by atoms with Gasteiger partial charge in [-0.15, -0.1) is 0 Å². The topological polar surface area (TPSA) is 40.6 Å². The maximum Gasteiger partial charge on any atom is 0.273 e. The van der Waals surface area contributed by atoms with Gasteiger partial charge in [-0.3, -0.25) is 9.59 Å². The summed E-state index contributed by atoms with van der Waals surface area (Å²) in [6.07, 6.45) is 4.80. The van der Waals surface area contributed by atoms with Crippen LogP contribution < -0.4 is 0 Å². The van der Waals surface area contributed by atoms with E-state index in [-0.39, 0.29) is 23.9 Å². The molecule has 1 aliphatic heterocycles. The molecule has 2 aliphatic rings. The maximum atomic E-state index is 12.9. The Hall–Kier alpha value is -2.88. The lowest BCUT2D eigenvalue weighted by molar-refractivity contribution is 0.00203. The van der Waals surface area contributed by atoms with Crippen molar-refractivity contribution < 1.29 is 9.59 Å². The van der Waals surface area contributed by atoms with E-state index in [2.05, 4.69) is 0 Å². The van der Waals surface area contributed by atoms with Crippen molar-refractivity contribution in [3.05, 3.63) is 83.9 Å². The lowest BCUT2D eigenvalue weighted by atomic mass is 10.2. The molecule has 23 heavy (non-hydrogen) atoms. The largest absolute Gasteiger partial charge is 0.273 e. The molecular formula is C19H16N2O2. The molecule has 0 spiro atoms. The summed E-state index contributed by atoms with van der Waals surface area (Å²) in [6, 6.07) is 18.1. The SMILES string of the molecule is O=C(c1ccccc1)N1[C@H]2C=C[C@@H](C2)N1C(=O)c1ccccc1. The quantitative estimate of drug-likeness (QED) is 0.800. The first-order chi connectivity index (χ1) is 11.3. The fraction of sp³-hybridized carbons (Fsp3) is 0.158. The fourth-order valence-corrected chi connectivity index (χ4v) is 3.27. The highest BCUT2D eigenvalue weighted by Crippen LogP contribution is 2.34. The number of amides is 2. The Bertz CT molecular complexity index is 705. The third-order valence-corrected chi connectivity index (χ3v) is 4.36. The van der Waals surface area contributed by atoms with Gasteiger partial charge < -0.3 is 0 Å². The number of hydrazine groups is 1. The minimum atomic E-state index is -0.133. The molecule has 0 aromatic heterocycles. The molecule has 4 nitrogen and oxygen atoms in total. The standard InChI is InChI=1S/C19H16N2O2/c22-18(14-7-3-1-4-8-14)20-16-11-12-17(13-16)21(20)19(23)15-9-5-2-6-10-15/h1-12,16-17H,13H2/t16-,17-/m0/s1. The van der Waals surface area contributed by atoms with E-state index < -0.39 is 0 Å². The lowest BCUT2D eigenvalue weighted by Gasteiger charge is -2.35. The van der Waals surface area contributed by atoms with E-state index in [0.29, 0.717) is 11.1 Å². The zero-order chi connectivity index (χ0) is 15.8. The van der Waals surface area contributed by atoms with Crippen LogP contribution in [0.4, 0.5) is 0 Å². The van der Waals surface area contributed by atoms with Crippen molar-refractivity contribution in [3.63, 3.8) is 0 Å². The summed E-state index contributed by atoms with van der Waals surface area (Å²) in [7, 11) is 0. The van der Waals surface area contributed by atoms with Crippen LogP contribution in [-0.4, -0.2) is 33.9 Å². The zero-order valence-corrected chi connectivity index (χ0v) is 12.5. The molecule has 114 valence electrons. The minimum absolute atomic E-state index is 0.0413. The van der Waals surface area contributed by atoms with E-state index >= 15 is 0 Å². The zero-order valence-electron chi connectivity index (χ0n) is 12.5. The van der Waals surface area contributed by atoms with Gasteiger partial charge in [0, 0.05) is 11.1 Å². The van der Waals surface area contributed by atoms with E-state index in [1.165, 1.54) is 0 Å². The van der Waals surface area contributed by atoms with Gasteiger partial charge in [0.05, 0.1) is 12.1 Å². The molecule has 2 aromatic rings. The van der Waals surface area contributed by atoms with Gasteiger partial charge in [-0.1, -0.05) is 48.6 Å². The van der Waals surface area contributed by atoms with Gasteiger partial charge >= 0.3 is 0 Å². The first kappa shape index (κ1) is 13.8. The van der Waals surface area contributed by atoms with E-state index in [9.17, 15) is 9.59 Å². The summed E-state index contributed by atoms with van der Waals surface area (Å²) in [4.78, 5) is 25.8. The van der Waals surface area contributed by atoms with Crippen molar-refractivity contribution in [2.24, 2.45) is 0 Å². The molecule has 2 amide bonds. The van der Waals surface area contributed by atoms with Crippen LogP contribution in [0, 0.1) is 0 Å². The molecule has 0 radical (unpaired) electrons. The molecule has 1 fully saturated rings. The van der Waals surface area contributed by atoms with Crippen LogP contribution in [0.5, 0.6) is 0 Å². The van der Waals surface area contributed by atoms with E-state index in [1.807, 2.05) is 48.6 Å². The van der Waals surface area contributed by atoms with Crippen molar-refractivity contribution >= 4 is 11.8 Å². The molecular weight excluding hydrogens is 288 g/mol. The number of hydrogen-bond acceptors (Lipinski definition) is 2. The van der Waals surface area contributed by atoms with Crippen LogP contribution in [0.25, 0.3) is 0 Å². The first-order valence-electron chi connectivity index (χ1n) is 7.71. The summed E-state index contributed by atoms with van der Waals surface area (Å²) in [5, 5.41) is 3.21. The summed E-state index contributed by atoms with van der Waals surface area (Å²) in [6.45, 7) is 0. The number of carbonyl (C=O) groups excluding carboxylic acids is 2. The van der Waals surface area contributed by atoms with Crippen LogP contribution in [0.1, 0.15) is 27.1 Å². The van der Waals surface area contributed by atoms with Crippen molar-refractivity contribution in [2.75, 3.05) is 0 Å². The van der Waals surface area contributed by atoms with E-state index in [1.54, 1.807) is 34.3 Å². The normalized spacial score (nSPS) is 21.7. The molecule has 0 saturated carbocycles. The highest BCUT2D eigenvalue weighted by molar-refractivity contribution is 6.00. The Balaban J connectivity index is 1.69. The number of hydrogen-bond donors (Lipinski definition) is 0. The number of nitrogens with zero attached hydrogens (tertiary/aromatic N) is 2. The summed E-state index contributed by atoms with van der Waals surface area (Å²) in [5.41, 5.74) is 1.19. The molecule has 2 bridgehead atoms. The number of fused-ring (bicyclic) bond motifs is 2. The fourth-order valence-electron chi connectivity index (χ4n) is 3.27. The van der Waals surface area contributed by atoms with Crippen LogP contribution >= 0.6 is 0 Å². The number of carbonyl (C=O) groups is 2. The van der Waals surface area contributed by atoms with Gasteiger partial charge in [0.1, 0.15) is 0 Å². The van der Waals surface area contributed by atoms with Crippen molar-refractivity contribution in [2.45, 2.75) is 18.5 Å². The van der Waals surface area contributed by atoms with Crippen LogP contribution in [-0.2, 0) is 0 Å². The predicted molar refractivity (Wildman–Crippen MR) is 86.6 cm³/mol. The minimum Gasteiger partial charge on any atom is -0.267 e. The van der Waals surface area contributed by atoms with Gasteiger partial charge in [-0.2, -0.15) is 0 Å². The molecule has 0 unspecified atom stereocenters. The second-order valence-electron chi connectivity index (χ2n) is 5.79. The summed E-state index contributed by atoms with van der Waals surface area (Å²) < 4.78 is 0. The second-order valence-corrected chi connectivity index (χ2v) is 5.79. The monoisotopic (exact) mass is 304 g/mol. The van der Waals surface area contributed by atoms with Crippen LogP contribution in [0.2, 0.25) is 0 Å². The van der Waals surface area contributed by atoms with Gasteiger partial charge in [0.25, 0.3) is 11.8 Å². The maximum absolute atomic E-state index is 12.9. The predicted octanol–water partition coefficient (Wildman–Crippen LogP) is 2.90. The summed E-state index contributed by atoms with van der Waals surface area (Å²) in [5.74, 6) is -0.265. The Kier molecular flexibility index (Phi) is 3.23. The van der Waals surface area contributed by atoms with Crippen LogP contribution in [0.15, 0.2) is 72.8 Å². The van der Waals surface area contributed by atoms with Gasteiger partial charge in [-0.25, -0.2) is 10.0 Å². The Morgan fingerprint density at radius 1 is 0.696 bits per heavy atom. The van der Waals surface area contributed by atoms with Crippen LogP contribution in [0.3, 0.4) is 0 Å². The van der Waals surface area contributed by atoms with Gasteiger partial charge in [0.15, 0.2) is 0 Å². The second kappa shape index (κ2) is 5.39. The average molecular weight is 304 g/mol. The molecule has 4 rings (SSSR count). The Morgan fingerprint density at radius 2 is 1.09 bits per heavy atom. The highest BCUT2D eigenvalue weighted by atomic mass is 16.2. The third-order valence-electron chi connectivity index (χ3n) is 4.36.